The van der Waals surface area contributed by atoms with E-state index in [1.54, 1.807) is 6.92 Å². The van der Waals surface area contributed by atoms with Gasteiger partial charge in [-0.1, -0.05) is 30.3 Å². The summed E-state index contributed by atoms with van der Waals surface area (Å²) in [6, 6.07) is 15.0. The number of carboxylic acids is 1. The summed E-state index contributed by atoms with van der Waals surface area (Å²) in [6.45, 7) is 1.62. The number of hydrogen-bond donors (Lipinski definition) is 2. The minimum atomic E-state index is -1.15. The highest BCUT2D eigenvalue weighted by Gasteiger charge is 2.33. The highest BCUT2D eigenvalue weighted by molar-refractivity contribution is 5.82. The van der Waals surface area contributed by atoms with Gasteiger partial charge in [0, 0.05) is 12.1 Å². The van der Waals surface area contributed by atoms with Crippen LogP contribution in [0.15, 0.2) is 54.6 Å². The SMILES string of the molecule is CC(Cc1ccccc1)(Nc1ccc(F)cc1)C(=O)O. The molecule has 0 aliphatic heterocycles. The van der Waals surface area contributed by atoms with E-state index in [0.717, 1.165) is 5.56 Å². The molecule has 0 spiro atoms. The molecule has 0 saturated heterocycles. The van der Waals surface area contributed by atoms with Crippen molar-refractivity contribution in [3.05, 3.63) is 66.0 Å². The maximum Gasteiger partial charge on any atom is 0.329 e. The summed E-state index contributed by atoms with van der Waals surface area (Å²) >= 11 is 0. The van der Waals surface area contributed by atoms with Crippen molar-refractivity contribution in [2.45, 2.75) is 18.9 Å². The van der Waals surface area contributed by atoms with Gasteiger partial charge in [-0.05, 0) is 36.8 Å². The number of rotatable bonds is 5. The molecule has 4 heteroatoms. The van der Waals surface area contributed by atoms with Crippen molar-refractivity contribution in [2.75, 3.05) is 5.32 Å². The number of carboxylic acid groups (broad SMARTS) is 1. The number of aliphatic carboxylic acids is 1. The van der Waals surface area contributed by atoms with Gasteiger partial charge in [-0.3, -0.25) is 0 Å². The number of benzene rings is 2. The zero-order chi connectivity index (χ0) is 14.6. The molecular weight excluding hydrogens is 257 g/mol. The van der Waals surface area contributed by atoms with E-state index in [1.165, 1.54) is 24.3 Å². The topological polar surface area (TPSA) is 49.3 Å². The summed E-state index contributed by atoms with van der Waals surface area (Å²) in [5, 5.41) is 12.4. The van der Waals surface area contributed by atoms with Crippen LogP contribution in [0.5, 0.6) is 0 Å². The van der Waals surface area contributed by atoms with Gasteiger partial charge >= 0.3 is 5.97 Å². The minimum absolute atomic E-state index is 0.334. The molecule has 0 aromatic heterocycles. The lowest BCUT2D eigenvalue weighted by Crippen LogP contribution is -2.45. The fourth-order valence-electron chi connectivity index (χ4n) is 2.03. The molecule has 0 radical (unpaired) electrons. The summed E-state index contributed by atoms with van der Waals surface area (Å²) in [6.07, 6.45) is 0.334. The predicted octanol–water partition coefficient (Wildman–Crippen LogP) is 3.32. The third-order valence-electron chi connectivity index (χ3n) is 3.14. The van der Waals surface area contributed by atoms with E-state index in [0.29, 0.717) is 12.1 Å². The van der Waals surface area contributed by atoms with Gasteiger partial charge in [0.05, 0.1) is 0 Å². The molecule has 0 bridgehead atoms. The van der Waals surface area contributed by atoms with Gasteiger partial charge in [0.25, 0.3) is 0 Å². The minimum Gasteiger partial charge on any atom is -0.480 e. The Hall–Kier alpha value is -2.36. The monoisotopic (exact) mass is 273 g/mol. The second-order valence-corrected chi connectivity index (χ2v) is 4.93. The highest BCUT2D eigenvalue weighted by Crippen LogP contribution is 2.20. The van der Waals surface area contributed by atoms with E-state index in [2.05, 4.69) is 5.32 Å². The lowest BCUT2D eigenvalue weighted by molar-refractivity contribution is -0.141. The van der Waals surface area contributed by atoms with Crippen molar-refractivity contribution in [1.82, 2.24) is 0 Å². The van der Waals surface area contributed by atoms with Crippen molar-refractivity contribution in [3.8, 4) is 0 Å². The van der Waals surface area contributed by atoms with Crippen LogP contribution in [0.1, 0.15) is 12.5 Å². The Labute approximate surface area is 117 Å². The van der Waals surface area contributed by atoms with Gasteiger partial charge < -0.3 is 10.4 Å². The van der Waals surface area contributed by atoms with E-state index < -0.39 is 11.5 Å². The zero-order valence-corrected chi connectivity index (χ0v) is 11.1. The van der Waals surface area contributed by atoms with Crippen LogP contribution in [0.2, 0.25) is 0 Å². The van der Waals surface area contributed by atoms with E-state index in [9.17, 15) is 14.3 Å². The summed E-state index contributed by atoms with van der Waals surface area (Å²) < 4.78 is 12.9. The molecule has 20 heavy (non-hydrogen) atoms. The van der Waals surface area contributed by atoms with Crippen LogP contribution < -0.4 is 5.32 Å². The number of carbonyl (C=O) groups is 1. The Morgan fingerprint density at radius 1 is 1.15 bits per heavy atom. The first kappa shape index (κ1) is 14.1. The smallest absolute Gasteiger partial charge is 0.329 e. The quantitative estimate of drug-likeness (QED) is 0.878. The van der Waals surface area contributed by atoms with Crippen molar-refractivity contribution >= 4 is 11.7 Å². The van der Waals surface area contributed by atoms with Gasteiger partial charge in [0.1, 0.15) is 11.4 Å². The fraction of sp³-hybridized carbons (Fsp3) is 0.188. The van der Waals surface area contributed by atoms with Crippen molar-refractivity contribution in [1.29, 1.82) is 0 Å². The molecule has 0 saturated carbocycles. The molecule has 0 aliphatic carbocycles. The van der Waals surface area contributed by atoms with E-state index in [4.69, 9.17) is 0 Å². The van der Waals surface area contributed by atoms with Crippen molar-refractivity contribution < 1.29 is 14.3 Å². The maximum absolute atomic E-state index is 12.9. The lowest BCUT2D eigenvalue weighted by Gasteiger charge is -2.27. The van der Waals surface area contributed by atoms with E-state index in [-0.39, 0.29) is 5.82 Å². The van der Waals surface area contributed by atoms with Crippen molar-refractivity contribution in [2.24, 2.45) is 0 Å². The van der Waals surface area contributed by atoms with Crippen molar-refractivity contribution in [3.63, 3.8) is 0 Å². The molecule has 0 fully saturated rings. The van der Waals surface area contributed by atoms with Gasteiger partial charge in [0.15, 0.2) is 0 Å². The predicted molar refractivity (Wildman–Crippen MR) is 76.2 cm³/mol. The molecule has 1 atom stereocenters. The summed E-state index contributed by atoms with van der Waals surface area (Å²) in [5.74, 6) is -1.30. The first-order valence-corrected chi connectivity index (χ1v) is 6.31. The number of nitrogens with one attached hydrogen (secondary N) is 1. The third kappa shape index (κ3) is 3.35. The molecule has 0 amide bonds. The van der Waals surface area contributed by atoms with Crippen LogP contribution in [-0.4, -0.2) is 16.6 Å². The lowest BCUT2D eigenvalue weighted by atomic mass is 9.92. The van der Waals surface area contributed by atoms with Gasteiger partial charge in [-0.15, -0.1) is 0 Å². The van der Waals surface area contributed by atoms with Crippen LogP contribution in [0.25, 0.3) is 0 Å². The summed E-state index contributed by atoms with van der Waals surface area (Å²) in [7, 11) is 0. The Morgan fingerprint density at radius 2 is 1.75 bits per heavy atom. The molecule has 2 N–H and O–H groups in total. The molecule has 0 heterocycles. The van der Waals surface area contributed by atoms with Crippen LogP contribution in [-0.2, 0) is 11.2 Å². The Kier molecular flexibility index (Phi) is 4.03. The fourth-order valence-corrected chi connectivity index (χ4v) is 2.03. The maximum atomic E-state index is 12.9. The normalized spacial score (nSPS) is 13.5. The molecule has 104 valence electrons. The first-order valence-electron chi connectivity index (χ1n) is 6.31. The molecule has 3 nitrogen and oxygen atoms in total. The van der Waals surface area contributed by atoms with Crippen LogP contribution >= 0.6 is 0 Å². The summed E-state index contributed by atoms with van der Waals surface area (Å²) in [4.78, 5) is 11.6. The molecule has 2 aromatic rings. The Bertz CT molecular complexity index is 583. The standard InChI is InChI=1S/C16H16FNO2/c1-16(15(19)20,11-12-5-3-2-4-6-12)18-14-9-7-13(17)8-10-14/h2-10,18H,11H2,1H3,(H,19,20). The Balaban J connectivity index is 2.21. The largest absolute Gasteiger partial charge is 0.480 e. The van der Waals surface area contributed by atoms with E-state index in [1.807, 2.05) is 30.3 Å². The average molecular weight is 273 g/mol. The molecular formula is C16H16FNO2. The Morgan fingerprint density at radius 3 is 2.30 bits per heavy atom. The van der Waals surface area contributed by atoms with E-state index >= 15 is 0 Å². The van der Waals surface area contributed by atoms with Crippen LogP contribution in [0.3, 0.4) is 0 Å². The molecule has 1 unspecified atom stereocenters. The highest BCUT2D eigenvalue weighted by atomic mass is 19.1. The number of halogens is 1. The van der Waals surface area contributed by atoms with Gasteiger partial charge in [-0.25, -0.2) is 9.18 Å². The van der Waals surface area contributed by atoms with Crippen LogP contribution in [0.4, 0.5) is 10.1 Å². The van der Waals surface area contributed by atoms with Gasteiger partial charge in [0.2, 0.25) is 0 Å². The molecule has 2 rings (SSSR count). The molecule has 2 aromatic carbocycles. The zero-order valence-electron chi connectivity index (χ0n) is 11.1. The number of anilines is 1. The molecule has 0 aliphatic rings. The average Bonchev–Trinajstić information content (AvgIpc) is 2.42. The first-order chi connectivity index (χ1) is 9.49. The van der Waals surface area contributed by atoms with Gasteiger partial charge in [-0.2, -0.15) is 0 Å². The van der Waals surface area contributed by atoms with Crippen LogP contribution in [0, 0.1) is 5.82 Å². The third-order valence-corrected chi connectivity index (χ3v) is 3.14. The number of hydrogen-bond acceptors (Lipinski definition) is 2. The second-order valence-electron chi connectivity index (χ2n) is 4.93. The summed E-state index contributed by atoms with van der Waals surface area (Å²) in [5.41, 5.74) is 0.346. The second kappa shape index (κ2) is 5.74.